The number of nitrogens with zero attached hydrogens (tertiary/aromatic N) is 2. The van der Waals surface area contributed by atoms with Crippen LogP contribution in [0.1, 0.15) is 32.6 Å². The molecular formula is C13H24N2O4S. The summed E-state index contributed by atoms with van der Waals surface area (Å²) >= 11 is 0. The van der Waals surface area contributed by atoms with Gasteiger partial charge in [-0.1, -0.05) is 6.92 Å². The predicted octanol–water partition coefficient (Wildman–Crippen LogP) is 0.802. The highest BCUT2D eigenvalue weighted by Crippen LogP contribution is 2.32. The third-order valence-corrected chi connectivity index (χ3v) is 6.42. The molecule has 3 fully saturated rings. The van der Waals surface area contributed by atoms with Gasteiger partial charge in [-0.3, -0.25) is 0 Å². The van der Waals surface area contributed by atoms with Crippen LogP contribution in [0.4, 0.5) is 0 Å². The van der Waals surface area contributed by atoms with Gasteiger partial charge in [-0.25, -0.2) is 0 Å². The summed E-state index contributed by atoms with van der Waals surface area (Å²) in [5, 5.41) is 0. The van der Waals surface area contributed by atoms with Crippen LogP contribution < -0.4 is 0 Å². The molecule has 0 aliphatic carbocycles. The number of ether oxygens (including phenoxy) is 2. The zero-order valence-electron chi connectivity index (χ0n) is 12.1. The van der Waals surface area contributed by atoms with E-state index in [4.69, 9.17) is 9.47 Å². The van der Waals surface area contributed by atoms with Crippen molar-refractivity contribution in [3.05, 3.63) is 0 Å². The summed E-state index contributed by atoms with van der Waals surface area (Å²) in [6.45, 7) is 5.42. The molecule has 1 spiro atoms. The number of hydrogen-bond acceptors (Lipinski definition) is 4. The number of rotatable bonds is 2. The average Bonchev–Trinajstić information content (AvgIpc) is 2.87. The van der Waals surface area contributed by atoms with Crippen LogP contribution in [0.25, 0.3) is 0 Å². The normalized spacial score (nSPS) is 32.8. The van der Waals surface area contributed by atoms with Crippen molar-refractivity contribution in [3.63, 3.8) is 0 Å². The molecule has 3 rings (SSSR count). The molecule has 3 aliphatic rings. The Balaban J connectivity index is 1.73. The second-order valence-electron chi connectivity index (χ2n) is 6.16. The van der Waals surface area contributed by atoms with Gasteiger partial charge >= 0.3 is 0 Å². The lowest BCUT2D eigenvalue weighted by Crippen LogP contribution is -2.55. The smallest absolute Gasteiger partial charge is 0.282 e. The molecule has 3 heterocycles. The van der Waals surface area contributed by atoms with E-state index in [-0.39, 0.29) is 0 Å². The number of piperidine rings is 2. The minimum Gasteiger partial charge on any atom is -0.346 e. The molecule has 3 saturated heterocycles. The van der Waals surface area contributed by atoms with Crippen LogP contribution in [0.2, 0.25) is 0 Å². The second kappa shape index (κ2) is 5.53. The minimum atomic E-state index is -3.37. The Morgan fingerprint density at radius 2 is 1.80 bits per heavy atom. The topological polar surface area (TPSA) is 59.1 Å². The SMILES string of the molecule is CC1CCCN(S(=O)(=O)N2CCCC3(C2)OCCO3)C1. The first-order chi connectivity index (χ1) is 9.52. The molecule has 0 radical (unpaired) electrons. The molecule has 0 N–H and O–H groups in total. The highest BCUT2D eigenvalue weighted by Gasteiger charge is 2.45. The Kier molecular flexibility index (Phi) is 4.07. The van der Waals surface area contributed by atoms with Crippen molar-refractivity contribution in [1.29, 1.82) is 0 Å². The van der Waals surface area contributed by atoms with E-state index in [0.717, 1.165) is 25.7 Å². The summed E-state index contributed by atoms with van der Waals surface area (Å²) in [4.78, 5) is 0. The van der Waals surface area contributed by atoms with Crippen LogP contribution >= 0.6 is 0 Å². The predicted molar refractivity (Wildman–Crippen MR) is 74.3 cm³/mol. The Morgan fingerprint density at radius 1 is 1.10 bits per heavy atom. The zero-order chi connectivity index (χ0) is 14.2. The molecule has 1 atom stereocenters. The van der Waals surface area contributed by atoms with Gasteiger partial charge in [0, 0.05) is 26.1 Å². The van der Waals surface area contributed by atoms with Gasteiger partial charge < -0.3 is 9.47 Å². The van der Waals surface area contributed by atoms with Crippen molar-refractivity contribution in [2.75, 3.05) is 39.4 Å². The van der Waals surface area contributed by atoms with Gasteiger partial charge in [-0.2, -0.15) is 17.0 Å². The minimum absolute atomic E-state index is 0.334. The van der Waals surface area contributed by atoms with Gasteiger partial charge in [-0.05, 0) is 25.2 Å². The molecule has 0 saturated carbocycles. The Morgan fingerprint density at radius 3 is 2.50 bits per heavy atom. The van der Waals surface area contributed by atoms with Crippen LogP contribution in [0, 0.1) is 5.92 Å². The fourth-order valence-electron chi connectivity index (χ4n) is 3.40. The molecule has 3 aliphatic heterocycles. The third kappa shape index (κ3) is 2.74. The highest BCUT2D eigenvalue weighted by atomic mass is 32.2. The Labute approximate surface area is 121 Å². The Hall–Kier alpha value is -0.210. The van der Waals surface area contributed by atoms with Crippen molar-refractivity contribution in [3.8, 4) is 0 Å². The van der Waals surface area contributed by atoms with E-state index in [2.05, 4.69) is 6.92 Å². The summed E-state index contributed by atoms with van der Waals surface area (Å²) in [6.07, 6.45) is 3.65. The van der Waals surface area contributed by atoms with E-state index in [0.29, 0.717) is 45.3 Å². The van der Waals surface area contributed by atoms with Crippen LogP contribution in [-0.2, 0) is 19.7 Å². The fourth-order valence-corrected chi connectivity index (χ4v) is 5.25. The van der Waals surface area contributed by atoms with Crippen LogP contribution in [-0.4, -0.2) is 62.2 Å². The van der Waals surface area contributed by atoms with Crippen molar-refractivity contribution in [2.24, 2.45) is 5.92 Å². The molecule has 0 amide bonds. The molecule has 0 aromatic rings. The van der Waals surface area contributed by atoms with Gasteiger partial charge in [-0.15, -0.1) is 0 Å². The first-order valence-corrected chi connectivity index (χ1v) is 8.95. The van der Waals surface area contributed by atoms with Crippen LogP contribution in [0.5, 0.6) is 0 Å². The maximum Gasteiger partial charge on any atom is 0.282 e. The lowest BCUT2D eigenvalue weighted by Gasteiger charge is -2.41. The quantitative estimate of drug-likeness (QED) is 0.757. The van der Waals surface area contributed by atoms with Crippen molar-refractivity contribution >= 4 is 10.2 Å². The molecular weight excluding hydrogens is 280 g/mol. The molecule has 1 unspecified atom stereocenters. The Bertz CT molecular complexity index is 447. The fraction of sp³-hybridized carbons (Fsp3) is 1.00. The molecule has 0 aromatic carbocycles. The first kappa shape index (κ1) is 14.7. The van der Waals surface area contributed by atoms with Crippen molar-refractivity contribution < 1.29 is 17.9 Å². The van der Waals surface area contributed by atoms with Gasteiger partial charge in [0.1, 0.15) is 0 Å². The van der Waals surface area contributed by atoms with E-state index >= 15 is 0 Å². The van der Waals surface area contributed by atoms with E-state index in [1.807, 2.05) is 0 Å². The molecule has 7 heteroatoms. The van der Waals surface area contributed by atoms with E-state index in [9.17, 15) is 8.42 Å². The first-order valence-electron chi connectivity index (χ1n) is 7.55. The van der Waals surface area contributed by atoms with E-state index in [1.54, 1.807) is 8.61 Å². The summed E-state index contributed by atoms with van der Waals surface area (Å²) in [5.41, 5.74) is 0. The van der Waals surface area contributed by atoms with Gasteiger partial charge in [0.25, 0.3) is 10.2 Å². The van der Waals surface area contributed by atoms with Gasteiger partial charge in [0.2, 0.25) is 0 Å². The molecule has 6 nitrogen and oxygen atoms in total. The lowest BCUT2D eigenvalue weighted by atomic mass is 10.0. The van der Waals surface area contributed by atoms with E-state index < -0.39 is 16.0 Å². The van der Waals surface area contributed by atoms with Crippen LogP contribution in [0.3, 0.4) is 0 Å². The highest BCUT2D eigenvalue weighted by molar-refractivity contribution is 7.86. The second-order valence-corrected chi connectivity index (χ2v) is 8.09. The molecule has 0 bridgehead atoms. The molecule has 116 valence electrons. The van der Waals surface area contributed by atoms with Crippen molar-refractivity contribution in [2.45, 2.75) is 38.4 Å². The van der Waals surface area contributed by atoms with Gasteiger partial charge in [0.05, 0.1) is 19.8 Å². The standard InChI is InChI=1S/C13H24N2O4S/c1-12-4-2-6-14(10-12)20(16,17)15-7-3-5-13(11-15)18-8-9-19-13/h12H,2-11H2,1H3. The maximum atomic E-state index is 12.8. The summed E-state index contributed by atoms with van der Waals surface area (Å²) in [7, 11) is -3.37. The third-order valence-electron chi connectivity index (χ3n) is 4.47. The van der Waals surface area contributed by atoms with Crippen molar-refractivity contribution in [1.82, 2.24) is 8.61 Å². The average molecular weight is 304 g/mol. The van der Waals surface area contributed by atoms with Crippen LogP contribution in [0.15, 0.2) is 0 Å². The summed E-state index contributed by atoms with van der Waals surface area (Å²) < 4.78 is 40.1. The van der Waals surface area contributed by atoms with Gasteiger partial charge in [0.15, 0.2) is 5.79 Å². The summed E-state index contributed by atoms with van der Waals surface area (Å²) in [6, 6.07) is 0. The largest absolute Gasteiger partial charge is 0.346 e. The maximum absolute atomic E-state index is 12.8. The molecule has 0 aromatic heterocycles. The monoisotopic (exact) mass is 304 g/mol. The number of hydrogen-bond donors (Lipinski definition) is 0. The lowest BCUT2D eigenvalue weighted by molar-refractivity contribution is -0.179. The van der Waals surface area contributed by atoms with E-state index in [1.165, 1.54) is 0 Å². The summed E-state index contributed by atoms with van der Waals surface area (Å²) in [5.74, 6) is -0.247. The molecule has 20 heavy (non-hydrogen) atoms. The zero-order valence-corrected chi connectivity index (χ0v) is 12.9.